The summed E-state index contributed by atoms with van der Waals surface area (Å²) >= 11 is 0. The maximum Gasteiger partial charge on any atom is 0.241 e. The summed E-state index contributed by atoms with van der Waals surface area (Å²) in [5.41, 5.74) is 3.33. The Labute approximate surface area is 145 Å². The second kappa shape index (κ2) is 6.26. The lowest BCUT2D eigenvalue weighted by Crippen LogP contribution is -2.37. The maximum atomic E-state index is 9.17. The van der Waals surface area contributed by atoms with Crippen molar-refractivity contribution in [3.8, 4) is 17.2 Å². The monoisotopic (exact) mass is 328 g/mol. The number of nitrogens with one attached hydrogen (secondary N) is 1. The highest BCUT2D eigenvalue weighted by Gasteiger charge is 2.26. The van der Waals surface area contributed by atoms with Gasteiger partial charge in [-0.2, -0.15) is 5.26 Å². The fourth-order valence-corrected chi connectivity index (χ4v) is 3.42. The van der Waals surface area contributed by atoms with Crippen LogP contribution in [0.15, 0.2) is 36.8 Å². The third-order valence-corrected chi connectivity index (χ3v) is 4.63. The zero-order chi connectivity index (χ0) is 17.2. The van der Waals surface area contributed by atoms with Gasteiger partial charge in [0.05, 0.1) is 23.6 Å². The van der Waals surface area contributed by atoms with Crippen LogP contribution in [0.1, 0.15) is 18.4 Å². The number of nitriles is 1. The molecule has 1 aliphatic heterocycles. The molecule has 6 heteroatoms. The first-order valence-corrected chi connectivity index (χ1v) is 8.24. The van der Waals surface area contributed by atoms with Crippen LogP contribution in [0.5, 0.6) is 0 Å². The molecule has 0 aliphatic carbocycles. The minimum absolute atomic E-state index is 0.0167. The quantitative estimate of drug-likeness (QED) is 0.732. The molecule has 1 fully saturated rings. The first-order chi connectivity index (χ1) is 12.3. The molecule has 1 saturated heterocycles. The number of rotatable bonds is 2. The number of benzene rings is 1. The smallest absolute Gasteiger partial charge is 0.241 e. The van der Waals surface area contributed by atoms with Gasteiger partial charge in [0.2, 0.25) is 6.04 Å². The number of hydrogen-bond donors (Lipinski definition) is 1. The Morgan fingerprint density at radius 3 is 3.12 bits per heavy atom. The zero-order valence-electron chi connectivity index (χ0n) is 13.6. The Morgan fingerprint density at radius 2 is 2.28 bits per heavy atom. The van der Waals surface area contributed by atoms with Gasteiger partial charge < -0.3 is 14.7 Å². The highest BCUT2D eigenvalue weighted by Crippen LogP contribution is 2.35. The minimum Gasteiger partial charge on any atom is -0.348 e. The Balaban J connectivity index is 1.85. The van der Waals surface area contributed by atoms with Crippen molar-refractivity contribution in [3.05, 3.63) is 53.8 Å². The van der Waals surface area contributed by atoms with Crippen molar-refractivity contribution < 1.29 is 0 Å². The predicted octanol–water partition coefficient (Wildman–Crippen LogP) is 3.38. The average Bonchev–Trinajstić information content (AvgIpc) is 3.12. The van der Waals surface area contributed by atoms with Crippen molar-refractivity contribution in [3.63, 3.8) is 0 Å². The molecule has 0 amide bonds. The molecule has 122 valence electrons. The number of aromatic nitrogens is 3. The third-order valence-electron chi connectivity index (χ3n) is 4.63. The molecule has 3 aromatic rings. The van der Waals surface area contributed by atoms with E-state index in [1.165, 1.54) is 0 Å². The van der Waals surface area contributed by atoms with Crippen molar-refractivity contribution in [2.24, 2.45) is 0 Å². The first kappa shape index (κ1) is 15.2. The predicted molar refractivity (Wildman–Crippen MR) is 95.9 cm³/mol. The third kappa shape index (κ3) is 2.68. The molecule has 1 aliphatic rings. The SMILES string of the molecule is [C-]#[N+]C1CCCN(c2ncnc3[nH]cc(-c4cccc(C#N)c4)c23)C1. The molecule has 4 rings (SSSR count). The number of piperidine rings is 1. The van der Waals surface area contributed by atoms with E-state index >= 15 is 0 Å². The summed E-state index contributed by atoms with van der Waals surface area (Å²) < 4.78 is 0. The maximum absolute atomic E-state index is 9.17. The molecule has 25 heavy (non-hydrogen) atoms. The lowest BCUT2D eigenvalue weighted by Gasteiger charge is -2.28. The molecule has 0 saturated carbocycles. The van der Waals surface area contributed by atoms with E-state index in [0.717, 1.165) is 47.4 Å². The van der Waals surface area contributed by atoms with Crippen LogP contribution >= 0.6 is 0 Å². The van der Waals surface area contributed by atoms with Gasteiger partial charge in [-0.1, -0.05) is 12.1 Å². The van der Waals surface area contributed by atoms with Gasteiger partial charge in [0.15, 0.2) is 0 Å². The van der Waals surface area contributed by atoms with E-state index in [2.05, 4.69) is 30.8 Å². The summed E-state index contributed by atoms with van der Waals surface area (Å²) in [4.78, 5) is 18.0. The van der Waals surface area contributed by atoms with Crippen LogP contribution in [-0.2, 0) is 0 Å². The lowest BCUT2D eigenvalue weighted by atomic mass is 10.0. The van der Waals surface area contributed by atoms with E-state index in [9.17, 15) is 0 Å². The van der Waals surface area contributed by atoms with Crippen molar-refractivity contribution in [1.29, 1.82) is 5.26 Å². The molecule has 1 atom stereocenters. The second-order valence-electron chi connectivity index (χ2n) is 6.19. The summed E-state index contributed by atoms with van der Waals surface area (Å²) in [6.45, 7) is 8.92. The van der Waals surface area contributed by atoms with E-state index in [0.29, 0.717) is 12.1 Å². The van der Waals surface area contributed by atoms with E-state index in [4.69, 9.17) is 11.8 Å². The molecule has 1 unspecified atom stereocenters. The van der Waals surface area contributed by atoms with Crippen LogP contribution in [0.25, 0.3) is 27.0 Å². The van der Waals surface area contributed by atoms with E-state index in [1.807, 2.05) is 24.4 Å². The molecule has 0 radical (unpaired) electrons. The summed E-state index contributed by atoms with van der Waals surface area (Å²) in [5, 5.41) is 10.1. The summed E-state index contributed by atoms with van der Waals surface area (Å²) in [6, 6.07) is 9.73. The van der Waals surface area contributed by atoms with Crippen LogP contribution in [0, 0.1) is 17.9 Å². The van der Waals surface area contributed by atoms with Crippen LogP contribution in [-0.4, -0.2) is 34.1 Å². The van der Waals surface area contributed by atoms with Crippen molar-refractivity contribution in [2.45, 2.75) is 18.9 Å². The number of H-pyrrole nitrogens is 1. The topological polar surface area (TPSA) is 73.0 Å². The minimum atomic E-state index is 0.0167. The summed E-state index contributed by atoms with van der Waals surface area (Å²) in [6.07, 6.45) is 5.40. The number of anilines is 1. The van der Waals surface area contributed by atoms with Crippen LogP contribution in [0.2, 0.25) is 0 Å². The highest BCUT2D eigenvalue weighted by molar-refractivity contribution is 6.01. The molecule has 2 aromatic heterocycles. The Hall–Kier alpha value is -3.38. The molecule has 6 nitrogen and oxygen atoms in total. The number of nitrogens with zero attached hydrogens (tertiary/aromatic N) is 5. The van der Waals surface area contributed by atoms with Gasteiger partial charge in [0.25, 0.3) is 0 Å². The Bertz CT molecular complexity index is 1010. The van der Waals surface area contributed by atoms with Crippen LogP contribution in [0.3, 0.4) is 0 Å². The standard InChI is InChI=1S/C19H16N6/c1-21-15-6-3-7-25(11-15)19-17-16(10-22-18(17)23-12-24-19)14-5-2-4-13(8-14)9-20/h2,4-5,8,10,12,15H,3,6-7,11H2,(H,22,23,24). The van der Waals surface area contributed by atoms with E-state index < -0.39 is 0 Å². The molecular formula is C19H16N6. The average molecular weight is 328 g/mol. The van der Waals surface area contributed by atoms with Gasteiger partial charge >= 0.3 is 0 Å². The second-order valence-corrected chi connectivity index (χ2v) is 6.19. The van der Waals surface area contributed by atoms with Crippen molar-refractivity contribution in [1.82, 2.24) is 15.0 Å². The van der Waals surface area contributed by atoms with Gasteiger partial charge in [0.1, 0.15) is 17.8 Å². The molecule has 0 bridgehead atoms. The van der Waals surface area contributed by atoms with Gasteiger partial charge in [-0.25, -0.2) is 16.5 Å². The summed E-state index contributed by atoms with van der Waals surface area (Å²) in [5.74, 6) is 0.858. The molecular weight excluding hydrogens is 312 g/mol. The van der Waals surface area contributed by atoms with E-state index in [-0.39, 0.29) is 6.04 Å². The van der Waals surface area contributed by atoms with E-state index in [1.54, 1.807) is 12.4 Å². The zero-order valence-corrected chi connectivity index (χ0v) is 13.6. The summed E-state index contributed by atoms with van der Waals surface area (Å²) in [7, 11) is 0. The fraction of sp³-hybridized carbons (Fsp3) is 0.263. The van der Waals surface area contributed by atoms with Crippen LogP contribution < -0.4 is 4.90 Å². The van der Waals surface area contributed by atoms with Gasteiger partial charge in [-0.15, -0.1) is 0 Å². The normalized spacial score (nSPS) is 17.2. The van der Waals surface area contributed by atoms with Crippen LogP contribution in [0.4, 0.5) is 5.82 Å². The van der Waals surface area contributed by atoms with Crippen molar-refractivity contribution >= 4 is 16.9 Å². The molecule has 0 spiro atoms. The number of hydrogen-bond acceptors (Lipinski definition) is 4. The Morgan fingerprint density at radius 1 is 1.36 bits per heavy atom. The number of fused-ring (bicyclic) bond motifs is 1. The largest absolute Gasteiger partial charge is 0.348 e. The molecule has 1 aromatic carbocycles. The van der Waals surface area contributed by atoms with Gasteiger partial charge in [0, 0.05) is 24.7 Å². The molecule has 3 heterocycles. The van der Waals surface area contributed by atoms with Gasteiger partial charge in [-0.05, 0) is 24.1 Å². The lowest BCUT2D eigenvalue weighted by molar-refractivity contribution is 0.548. The van der Waals surface area contributed by atoms with Crippen molar-refractivity contribution in [2.75, 3.05) is 18.0 Å². The van der Waals surface area contributed by atoms with Gasteiger partial charge in [-0.3, -0.25) is 0 Å². The first-order valence-electron chi connectivity index (χ1n) is 8.24. The molecule has 1 N–H and O–H groups in total. The Kier molecular flexibility index (Phi) is 3.80. The number of aromatic amines is 1. The highest BCUT2D eigenvalue weighted by atomic mass is 15.2. The fourth-order valence-electron chi connectivity index (χ4n) is 3.42.